The van der Waals surface area contributed by atoms with Gasteiger partial charge in [-0.3, -0.25) is 4.99 Å². The molecule has 0 aromatic heterocycles. The van der Waals surface area contributed by atoms with Crippen molar-refractivity contribution < 1.29 is 4.74 Å². The lowest BCUT2D eigenvalue weighted by Crippen LogP contribution is -2.42. The van der Waals surface area contributed by atoms with Crippen LogP contribution < -0.4 is 15.4 Å². The van der Waals surface area contributed by atoms with Crippen molar-refractivity contribution in [3.63, 3.8) is 0 Å². The lowest BCUT2D eigenvalue weighted by Gasteiger charge is -2.17. The normalized spacial score (nSPS) is 12.9. The number of hydrogen-bond donors (Lipinski definition) is 2. The second-order valence-corrected chi connectivity index (χ2v) is 5.10. The molecule has 4 nitrogen and oxygen atoms in total. The van der Waals surface area contributed by atoms with Gasteiger partial charge in [0.2, 0.25) is 0 Å². The topological polar surface area (TPSA) is 45.7 Å². The molecule has 106 valence electrons. The summed E-state index contributed by atoms with van der Waals surface area (Å²) in [5.74, 6) is 2.77. The summed E-state index contributed by atoms with van der Waals surface area (Å²) >= 11 is 1.81. The van der Waals surface area contributed by atoms with Gasteiger partial charge in [0.25, 0.3) is 0 Å². The summed E-state index contributed by atoms with van der Waals surface area (Å²) in [4.78, 5) is 4.17. The van der Waals surface area contributed by atoms with Crippen molar-refractivity contribution in [1.29, 1.82) is 0 Å². The molecule has 0 bridgehead atoms. The molecule has 2 N–H and O–H groups in total. The van der Waals surface area contributed by atoms with Crippen molar-refractivity contribution in [3.05, 3.63) is 30.3 Å². The third-order valence-corrected chi connectivity index (χ3v) is 3.07. The summed E-state index contributed by atoms with van der Waals surface area (Å²) in [6, 6.07) is 9.84. The van der Waals surface area contributed by atoms with Crippen LogP contribution >= 0.6 is 11.8 Å². The van der Waals surface area contributed by atoms with E-state index in [0.717, 1.165) is 24.0 Å². The smallest absolute Gasteiger partial charge is 0.191 e. The number of nitrogens with one attached hydrogen (secondary N) is 2. The molecule has 0 saturated heterocycles. The molecule has 5 heteroatoms. The highest BCUT2D eigenvalue weighted by atomic mass is 32.2. The molecular formula is C14H23N3OS. The Balaban J connectivity index is 2.26. The molecule has 1 rings (SSSR count). The zero-order valence-corrected chi connectivity index (χ0v) is 12.7. The zero-order chi connectivity index (χ0) is 13.9. The quantitative estimate of drug-likeness (QED) is 0.456. The molecule has 19 heavy (non-hydrogen) atoms. The molecule has 0 spiro atoms. The predicted molar refractivity (Wildman–Crippen MR) is 84.3 cm³/mol. The maximum absolute atomic E-state index is 5.79. The maximum atomic E-state index is 5.79. The number of benzene rings is 1. The molecule has 1 atom stereocenters. The lowest BCUT2D eigenvalue weighted by molar-refractivity contribution is 0.224. The molecule has 0 heterocycles. The van der Waals surface area contributed by atoms with Crippen LogP contribution in [-0.4, -0.2) is 44.2 Å². The molecule has 0 fully saturated rings. The summed E-state index contributed by atoms with van der Waals surface area (Å²) in [5.41, 5.74) is 0. The third-order valence-electron chi connectivity index (χ3n) is 2.46. The highest BCUT2D eigenvalue weighted by Crippen LogP contribution is 2.10. The Morgan fingerprint density at radius 1 is 1.32 bits per heavy atom. The molecule has 0 aliphatic rings. The van der Waals surface area contributed by atoms with E-state index in [-0.39, 0.29) is 6.10 Å². The fourth-order valence-electron chi connectivity index (χ4n) is 1.51. The van der Waals surface area contributed by atoms with Crippen molar-refractivity contribution >= 4 is 17.7 Å². The van der Waals surface area contributed by atoms with Crippen LogP contribution in [0.3, 0.4) is 0 Å². The van der Waals surface area contributed by atoms with Gasteiger partial charge in [0.15, 0.2) is 5.96 Å². The number of rotatable bonds is 7. The summed E-state index contributed by atoms with van der Waals surface area (Å²) in [6.45, 7) is 3.66. The minimum atomic E-state index is 0.0847. The van der Waals surface area contributed by atoms with E-state index in [1.807, 2.05) is 49.0 Å². The molecule has 1 unspecified atom stereocenters. The van der Waals surface area contributed by atoms with Crippen molar-refractivity contribution in [1.82, 2.24) is 10.6 Å². The second kappa shape index (κ2) is 9.55. The van der Waals surface area contributed by atoms with Gasteiger partial charge in [0.1, 0.15) is 11.9 Å². The van der Waals surface area contributed by atoms with Crippen LogP contribution in [-0.2, 0) is 0 Å². The van der Waals surface area contributed by atoms with Crippen LogP contribution in [0.4, 0.5) is 0 Å². The minimum Gasteiger partial charge on any atom is -0.489 e. The monoisotopic (exact) mass is 281 g/mol. The van der Waals surface area contributed by atoms with Gasteiger partial charge in [-0.1, -0.05) is 18.2 Å². The van der Waals surface area contributed by atoms with Gasteiger partial charge in [-0.05, 0) is 25.3 Å². The Bertz CT molecular complexity index is 370. The van der Waals surface area contributed by atoms with Crippen LogP contribution in [0.1, 0.15) is 6.92 Å². The molecule has 0 saturated carbocycles. The van der Waals surface area contributed by atoms with Crippen molar-refractivity contribution in [2.24, 2.45) is 4.99 Å². The average molecular weight is 281 g/mol. The molecule has 1 aromatic rings. The highest BCUT2D eigenvalue weighted by Gasteiger charge is 2.05. The maximum Gasteiger partial charge on any atom is 0.191 e. The van der Waals surface area contributed by atoms with Crippen molar-refractivity contribution in [2.45, 2.75) is 13.0 Å². The number of thioether (sulfide) groups is 1. The molecule has 0 amide bonds. The number of nitrogens with zero attached hydrogens (tertiary/aromatic N) is 1. The van der Waals surface area contributed by atoms with E-state index >= 15 is 0 Å². The van der Waals surface area contributed by atoms with Gasteiger partial charge in [-0.25, -0.2) is 0 Å². The van der Waals surface area contributed by atoms with Gasteiger partial charge in [-0.15, -0.1) is 0 Å². The Morgan fingerprint density at radius 3 is 2.68 bits per heavy atom. The summed E-state index contributed by atoms with van der Waals surface area (Å²) in [5, 5.41) is 6.51. The van der Waals surface area contributed by atoms with Gasteiger partial charge < -0.3 is 15.4 Å². The van der Waals surface area contributed by atoms with E-state index in [1.54, 1.807) is 7.05 Å². The third kappa shape index (κ3) is 6.96. The van der Waals surface area contributed by atoms with Crippen LogP contribution in [0, 0.1) is 0 Å². The summed E-state index contributed by atoms with van der Waals surface area (Å²) in [6.07, 6.45) is 2.18. The van der Waals surface area contributed by atoms with E-state index in [0.29, 0.717) is 6.54 Å². The highest BCUT2D eigenvalue weighted by molar-refractivity contribution is 7.98. The van der Waals surface area contributed by atoms with Crippen LogP contribution in [0.15, 0.2) is 35.3 Å². The average Bonchev–Trinajstić information content (AvgIpc) is 2.44. The van der Waals surface area contributed by atoms with Gasteiger partial charge in [0, 0.05) is 19.3 Å². The van der Waals surface area contributed by atoms with Crippen molar-refractivity contribution in [2.75, 3.05) is 32.1 Å². The number of ether oxygens (including phenoxy) is 1. The van der Waals surface area contributed by atoms with Crippen LogP contribution in [0.5, 0.6) is 5.75 Å². The Kier molecular flexibility index (Phi) is 7.89. The summed E-state index contributed by atoms with van der Waals surface area (Å²) < 4.78 is 5.79. The van der Waals surface area contributed by atoms with Crippen molar-refractivity contribution in [3.8, 4) is 5.75 Å². The largest absolute Gasteiger partial charge is 0.489 e. The second-order valence-electron chi connectivity index (χ2n) is 4.11. The fraction of sp³-hybridized carbons (Fsp3) is 0.500. The first-order valence-electron chi connectivity index (χ1n) is 6.41. The standard InChI is InChI=1S/C14H23N3OS/c1-12(18-13-7-5-4-6-8-13)11-17-14(15-2)16-9-10-19-3/h4-8,12H,9-11H2,1-3H3,(H2,15,16,17). The number of aliphatic imine (C=N–C) groups is 1. The molecule has 0 aliphatic carbocycles. The lowest BCUT2D eigenvalue weighted by atomic mass is 10.3. The number of hydrogen-bond acceptors (Lipinski definition) is 3. The van der Waals surface area contributed by atoms with Crippen LogP contribution in [0.25, 0.3) is 0 Å². The fourth-order valence-corrected chi connectivity index (χ4v) is 1.81. The van der Waals surface area contributed by atoms with Gasteiger partial charge >= 0.3 is 0 Å². The Labute approximate surface area is 120 Å². The van der Waals surface area contributed by atoms with E-state index in [4.69, 9.17) is 4.74 Å². The van der Waals surface area contributed by atoms with Gasteiger partial charge in [-0.2, -0.15) is 11.8 Å². The SMILES string of the molecule is CN=C(NCCSC)NCC(C)Oc1ccccc1. The molecule has 0 aliphatic heterocycles. The first kappa shape index (κ1) is 15.7. The Hall–Kier alpha value is -1.36. The molecular weight excluding hydrogens is 258 g/mol. The number of guanidine groups is 1. The zero-order valence-electron chi connectivity index (χ0n) is 11.8. The van der Waals surface area contributed by atoms with E-state index in [1.165, 1.54) is 0 Å². The molecule has 1 aromatic carbocycles. The number of para-hydroxylation sites is 1. The summed E-state index contributed by atoms with van der Waals surface area (Å²) in [7, 11) is 1.77. The van der Waals surface area contributed by atoms with E-state index in [2.05, 4.69) is 21.9 Å². The van der Waals surface area contributed by atoms with E-state index < -0.39 is 0 Å². The minimum absolute atomic E-state index is 0.0847. The Morgan fingerprint density at radius 2 is 2.05 bits per heavy atom. The van der Waals surface area contributed by atoms with Gasteiger partial charge in [0.05, 0.1) is 6.54 Å². The predicted octanol–water partition coefficient (Wildman–Crippen LogP) is 1.98. The first-order chi connectivity index (χ1) is 9.26. The molecule has 0 radical (unpaired) electrons. The first-order valence-corrected chi connectivity index (χ1v) is 7.80. The van der Waals surface area contributed by atoms with E-state index in [9.17, 15) is 0 Å². The van der Waals surface area contributed by atoms with Crippen LogP contribution in [0.2, 0.25) is 0 Å².